The van der Waals surface area contributed by atoms with E-state index in [4.69, 9.17) is 20.2 Å². The molecule has 0 bridgehead atoms. The number of hydrogen-bond acceptors (Lipinski definition) is 10. The third-order valence-electron chi connectivity index (χ3n) is 7.25. The van der Waals surface area contributed by atoms with Crippen LogP contribution in [0.2, 0.25) is 0 Å². The van der Waals surface area contributed by atoms with E-state index in [1.165, 1.54) is 4.90 Å². The largest absolute Gasteiger partial charge is 0.497 e. The van der Waals surface area contributed by atoms with E-state index in [1.54, 1.807) is 46.1 Å². The normalized spacial score (nSPS) is 13.8. The highest BCUT2D eigenvalue weighted by atomic mass is 16.5. The average Bonchev–Trinajstić information content (AvgIpc) is 3.00. The fraction of sp³-hybridized carbons (Fsp3) is 0.516. The number of aryl methyl sites for hydroxylation is 1. The summed E-state index contributed by atoms with van der Waals surface area (Å²) in [5.74, 6) is 5.65. The van der Waals surface area contributed by atoms with Gasteiger partial charge in [0.25, 0.3) is 11.8 Å². The number of likely N-dealkylation sites (N-methyl/N-ethyl adjacent to an activating group) is 1. The third kappa shape index (κ3) is 9.82. The van der Waals surface area contributed by atoms with Crippen molar-refractivity contribution in [2.24, 2.45) is 5.73 Å². The zero-order valence-electron chi connectivity index (χ0n) is 26.5. The molecule has 13 nitrogen and oxygen atoms in total. The number of amides is 3. The summed E-state index contributed by atoms with van der Waals surface area (Å²) in [6.45, 7) is 5.74. The first kappa shape index (κ1) is 34.1. The molecule has 3 rings (SSSR count). The molecule has 1 aliphatic rings. The second kappa shape index (κ2) is 16.4. The Bertz CT molecular complexity index is 1380. The van der Waals surface area contributed by atoms with Gasteiger partial charge in [-0.2, -0.15) is 0 Å². The molecular weight excluding hydrogens is 564 g/mol. The molecule has 3 amide bonds. The maximum absolute atomic E-state index is 12.8. The van der Waals surface area contributed by atoms with Crippen LogP contribution in [0.5, 0.6) is 5.75 Å². The second-order valence-corrected chi connectivity index (χ2v) is 10.8. The minimum absolute atomic E-state index is 0.0462. The Morgan fingerprint density at radius 3 is 2.50 bits per heavy atom. The predicted octanol–water partition coefficient (Wildman–Crippen LogP) is 1.55. The van der Waals surface area contributed by atoms with E-state index < -0.39 is 11.9 Å². The van der Waals surface area contributed by atoms with E-state index in [2.05, 4.69) is 32.8 Å². The number of primary amides is 1. The van der Waals surface area contributed by atoms with Gasteiger partial charge >= 0.3 is 0 Å². The van der Waals surface area contributed by atoms with Crippen LogP contribution < -0.4 is 26.4 Å². The Kier molecular flexibility index (Phi) is 12.7. The van der Waals surface area contributed by atoms with Crippen molar-refractivity contribution >= 4 is 35.0 Å². The topological polar surface area (TPSA) is 164 Å². The number of hydrogen-bond donors (Lipinski definition) is 4. The lowest BCUT2D eigenvalue weighted by atomic mass is 10.1. The van der Waals surface area contributed by atoms with Gasteiger partial charge in [0.2, 0.25) is 5.91 Å². The van der Waals surface area contributed by atoms with Crippen molar-refractivity contribution < 1.29 is 23.9 Å². The molecule has 1 atom stereocenters. The smallest absolute Gasteiger partial charge is 0.297 e. The molecule has 44 heavy (non-hydrogen) atoms. The van der Waals surface area contributed by atoms with E-state index in [0.717, 1.165) is 18.4 Å². The number of nitrogens with one attached hydrogen (secondary N) is 3. The molecule has 2 heterocycles. The van der Waals surface area contributed by atoms with Gasteiger partial charge in [-0.15, -0.1) is 0 Å². The molecule has 1 aliphatic heterocycles. The van der Waals surface area contributed by atoms with Gasteiger partial charge in [0.05, 0.1) is 25.4 Å². The van der Waals surface area contributed by atoms with E-state index >= 15 is 0 Å². The minimum atomic E-state index is -0.687. The summed E-state index contributed by atoms with van der Waals surface area (Å²) in [6.07, 6.45) is 2.79. The summed E-state index contributed by atoms with van der Waals surface area (Å²) >= 11 is 0. The maximum atomic E-state index is 12.8. The molecule has 0 unspecified atom stereocenters. The molecule has 2 aromatic rings. The predicted molar refractivity (Wildman–Crippen MR) is 169 cm³/mol. The number of rotatable bonds is 13. The van der Waals surface area contributed by atoms with Crippen LogP contribution in [0.1, 0.15) is 48.4 Å². The molecule has 1 fully saturated rings. The van der Waals surface area contributed by atoms with Crippen molar-refractivity contribution in [3.8, 4) is 17.6 Å². The van der Waals surface area contributed by atoms with E-state index in [-0.39, 0.29) is 35.9 Å². The summed E-state index contributed by atoms with van der Waals surface area (Å²) in [5, 5.41) is 9.63. The van der Waals surface area contributed by atoms with E-state index in [0.29, 0.717) is 55.5 Å². The van der Waals surface area contributed by atoms with E-state index in [9.17, 15) is 14.4 Å². The van der Waals surface area contributed by atoms with Gasteiger partial charge in [0.15, 0.2) is 17.3 Å². The number of nitrogens with two attached hydrogens (primary N) is 1. The molecular formula is C31H44N8O5. The minimum Gasteiger partial charge on any atom is -0.497 e. The maximum Gasteiger partial charge on any atom is 0.297 e. The number of methoxy groups -OCH3 is 1. The van der Waals surface area contributed by atoms with E-state index in [1.807, 2.05) is 19.1 Å². The van der Waals surface area contributed by atoms with Gasteiger partial charge < -0.3 is 36.1 Å². The average molecular weight is 609 g/mol. The number of ether oxygens (including phenoxy) is 2. The second-order valence-electron chi connectivity index (χ2n) is 10.8. The monoisotopic (exact) mass is 608 g/mol. The zero-order chi connectivity index (χ0) is 32.2. The number of aromatic nitrogens is 2. The standard InChI is InChI=1S/C31H44N8O5/c1-7-25-29(34-22-11-15-44-16-12-22)37-30(27(36-25)28(32)41)35-23-17-21(18-24(19-23)43-6)10-13-33-31(42)20(2)39(5)14-8-9-26(40)38(3)4/h17-20,22H,7,10-16H2,1-6H3,(H2,32,41)(H,33,42)(H2,34,35,37)/t20-/m0/s1. The molecule has 1 saturated heterocycles. The highest BCUT2D eigenvalue weighted by molar-refractivity contribution is 5.96. The molecule has 1 aromatic carbocycles. The molecule has 238 valence electrons. The lowest BCUT2D eigenvalue weighted by Crippen LogP contribution is -2.44. The summed E-state index contributed by atoms with van der Waals surface area (Å²) in [5.41, 5.74) is 7.91. The van der Waals surface area contributed by atoms with Crippen molar-refractivity contribution in [3.05, 3.63) is 35.2 Å². The van der Waals surface area contributed by atoms with Gasteiger partial charge in [-0.1, -0.05) is 12.8 Å². The van der Waals surface area contributed by atoms with Gasteiger partial charge in [0, 0.05) is 51.6 Å². The fourth-order valence-electron chi connectivity index (χ4n) is 4.42. The number of carbonyl (C=O) groups excluding carboxylic acids is 3. The van der Waals surface area contributed by atoms with Crippen LogP contribution in [-0.4, -0.2) is 104 Å². The summed E-state index contributed by atoms with van der Waals surface area (Å²) in [7, 11) is 6.62. The van der Waals surface area contributed by atoms with Gasteiger partial charge in [-0.05, 0) is 63.3 Å². The zero-order valence-corrected chi connectivity index (χ0v) is 26.5. The number of benzene rings is 1. The Hall–Kier alpha value is -4.41. The van der Waals surface area contributed by atoms with Crippen molar-refractivity contribution in [3.63, 3.8) is 0 Å². The molecule has 5 N–H and O–H groups in total. The molecule has 0 spiro atoms. The van der Waals surface area contributed by atoms with Crippen LogP contribution in [0.3, 0.4) is 0 Å². The molecule has 0 radical (unpaired) electrons. The Balaban J connectivity index is 1.71. The van der Waals surface area contributed by atoms with Crippen LogP contribution in [-0.2, 0) is 27.2 Å². The number of carbonyl (C=O) groups is 3. The van der Waals surface area contributed by atoms with Crippen molar-refractivity contribution in [2.75, 3.05) is 65.2 Å². The fourth-order valence-corrected chi connectivity index (χ4v) is 4.42. The van der Waals surface area contributed by atoms with Crippen LogP contribution in [0.25, 0.3) is 0 Å². The third-order valence-corrected chi connectivity index (χ3v) is 7.25. The highest BCUT2D eigenvalue weighted by Crippen LogP contribution is 2.27. The highest BCUT2D eigenvalue weighted by Gasteiger charge is 2.21. The van der Waals surface area contributed by atoms with Crippen molar-refractivity contribution in [1.82, 2.24) is 25.1 Å². The summed E-state index contributed by atoms with van der Waals surface area (Å²) in [6, 6.07) is 5.31. The lowest BCUT2D eigenvalue weighted by molar-refractivity contribution is -0.125. The molecule has 0 aliphatic carbocycles. The van der Waals surface area contributed by atoms with Crippen molar-refractivity contribution in [2.45, 2.75) is 51.6 Å². The van der Waals surface area contributed by atoms with Gasteiger partial charge in [-0.3, -0.25) is 19.3 Å². The van der Waals surface area contributed by atoms with Gasteiger partial charge in [-0.25, -0.2) is 9.97 Å². The van der Waals surface area contributed by atoms with Crippen LogP contribution in [0, 0.1) is 11.8 Å². The summed E-state index contributed by atoms with van der Waals surface area (Å²) in [4.78, 5) is 49.2. The quantitative estimate of drug-likeness (QED) is 0.245. The Morgan fingerprint density at radius 1 is 1.14 bits per heavy atom. The van der Waals surface area contributed by atoms with Gasteiger partial charge in [0.1, 0.15) is 5.75 Å². The summed E-state index contributed by atoms with van der Waals surface area (Å²) < 4.78 is 11.0. The van der Waals surface area contributed by atoms with Crippen LogP contribution >= 0.6 is 0 Å². The van der Waals surface area contributed by atoms with Crippen LogP contribution in [0.15, 0.2) is 18.2 Å². The lowest BCUT2D eigenvalue weighted by Gasteiger charge is -2.25. The molecule has 1 aromatic heterocycles. The number of nitrogens with zero attached hydrogens (tertiary/aromatic N) is 4. The first-order valence-electron chi connectivity index (χ1n) is 14.7. The first-order valence-corrected chi connectivity index (χ1v) is 14.7. The first-order chi connectivity index (χ1) is 21.0. The van der Waals surface area contributed by atoms with Crippen molar-refractivity contribution in [1.29, 1.82) is 0 Å². The number of anilines is 3. The molecule has 0 saturated carbocycles. The Labute approximate surface area is 259 Å². The molecule has 13 heteroatoms. The van der Waals surface area contributed by atoms with Crippen LogP contribution in [0.4, 0.5) is 17.3 Å². The Morgan fingerprint density at radius 2 is 1.86 bits per heavy atom. The SMILES string of the molecule is CCc1nc(C(N)=O)c(Nc2cc(CCNC(=O)[C@H](C)N(C)CC#CC(=O)N(C)C)cc(OC)c2)nc1NC1CCOCC1.